The normalized spacial score (nSPS) is 13.5. The first-order valence-corrected chi connectivity index (χ1v) is 19.5. The first-order valence-electron chi connectivity index (χ1n) is 18.7. The topological polar surface area (TPSA) is 6.48 Å². The third kappa shape index (κ3) is 4.72. The second kappa shape index (κ2) is 11.8. The minimum Gasteiger partial charge on any atom is -0.310 e. The summed E-state index contributed by atoms with van der Waals surface area (Å²) in [5.41, 5.74) is 9.58. The van der Waals surface area contributed by atoms with E-state index in [0.29, 0.717) is 0 Å². The van der Waals surface area contributed by atoms with E-state index < -0.39 is 0 Å². The Hall–Kier alpha value is -6.42. The van der Waals surface area contributed by atoms with Gasteiger partial charge in [-0.2, -0.15) is 0 Å². The van der Waals surface area contributed by atoms with Gasteiger partial charge in [-0.25, -0.2) is 0 Å². The highest BCUT2D eigenvalue weighted by Gasteiger charge is 2.37. The molecule has 256 valence electrons. The third-order valence-corrected chi connectivity index (χ3v) is 12.7. The van der Waals surface area contributed by atoms with Gasteiger partial charge >= 0.3 is 0 Å². The minimum absolute atomic E-state index is 0.176. The summed E-state index contributed by atoms with van der Waals surface area (Å²) in [5.74, 6) is 0. The van der Waals surface area contributed by atoms with Crippen molar-refractivity contribution in [3.63, 3.8) is 0 Å². The van der Waals surface area contributed by atoms with E-state index in [9.17, 15) is 0 Å². The van der Waals surface area contributed by atoms with Gasteiger partial charge in [0.1, 0.15) is 0 Å². The maximum atomic E-state index is 2.50. The SMILES string of the molecule is CC1(C)c2ccccc2N(c2ccc3cc(N(c4ccccc4)c4ccc5ccccc5c4)ccc3c2)c2cc3sc4ccc5ccccc5c4c3cc21. The molecule has 0 bridgehead atoms. The molecule has 9 aromatic carbocycles. The van der Waals surface area contributed by atoms with E-state index in [4.69, 9.17) is 0 Å². The van der Waals surface area contributed by atoms with Crippen LogP contribution in [0.2, 0.25) is 0 Å². The highest BCUT2D eigenvalue weighted by Crippen LogP contribution is 2.54. The Morgan fingerprint density at radius 1 is 0.426 bits per heavy atom. The molecule has 2 heterocycles. The molecule has 0 saturated heterocycles. The monoisotopic (exact) mass is 708 g/mol. The molecule has 2 nitrogen and oxygen atoms in total. The fraction of sp³-hybridized carbons (Fsp3) is 0.0588. The minimum atomic E-state index is -0.176. The van der Waals surface area contributed by atoms with Crippen LogP contribution in [0.4, 0.5) is 34.1 Å². The molecule has 0 radical (unpaired) electrons. The Labute approximate surface area is 318 Å². The number of para-hydroxylation sites is 2. The molecule has 0 amide bonds. The van der Waals surface area contributed by atoms with E-state index in [0.717, 1.165) is 17.1 Å². The van der Waals surface area contributed by atoms with Crippen LogP contribution in [-0.2, 0) is 5.41 Å². The number of nitrogens with zero attached hydrogens (tertiary/aromatic N) is 2. The van der Waals surface area contributed by atoms with Crippen LogP contribution in [0.1, 0.15) is 25.0 Å². The van der Waals surface area contributed by atoms with Crippen molar-refractivity contribution in [1.29, 1.82) is 0 Å². The predicted molar refractivity (Wildman–Crippen MR) is 233 cm³/mol. The third-order valence-electron chi connectivity index (χ3n) is 11.5. The lowest BCUT2D eigenvalue weighted by molar-refractivity contribution is 0.633. The molecular formula is C51H36N2S. The lowest BCUT2D eigenvalue weighted by Crippen LogP contribution is -2.30. The summed E-state index contributed by atoms with van der Waals surface area (Å²) in [6.45, 7) is 4.77. The molecule has 0 atom stereocenters. The fourth-order valence-corrected chi connectivity index (χ4v) is 9.99. The van der Waals surface area contributed by atoms with Crippen molar-refractivity contribution >= 4 is 98.0 Å². The van der Waals surface area contributed by atoms with Gasteiger partial charge in [-0.15, -0.1) is 11.3 Å². The van der Waals surface area contributed by atoms with Crippen LogP contribution < -0.4 is 9.80 Å². The zero-order chi connectivity index (χ0) is 36.0. The average molecular weight is 709 g/mol. The first-order chi connectivity index (χ1) is 26.5. The molecule has 54 heavy (non-hydrogen) atoms. The largest absolute Gasteiger partial charge is 0.310 e. The smallest absolute Gasteiger partial charge is 0.0517 e. The van der Waals surface area contributed by atoms with Gasteiger partial charge < -0.3 is 9.80 Å². The van der Waals surface area contributed by atoms with Crippen molar-refractivity contribution in [2.75, 3.05) is 9.80 Å². The van der Waals surface area contributed by atoms with Crippen LogP contribution >= 0.6 is 11.3 Å². The molecule has 10 aromatic rings. The van der Waals surface area contributed by atoms with Gasteiger partial charge in [0.25, 0.3) is 0 Å². The van der Waals surface area contributed by atoms with Crippen molar-refractivity contribution in [3.8, 4) is 0 Å². The van der Waals surface area contributed by atoms with Gasteiger partial charge in [-0.05, 0) is 116 Å². The Bertz CT molecular complexity index is 3100. The molecule has 11 rings (SSSR count). The molecule has 0 aliphatic carbocycles. The Balaban J connectivity index is 1.07. The summed E-state index contributed by atoms with van der Waals surface area (Å²) < 4.78 is 2.66. The second-order valence-electron chi connectivity index (χ2n) is 15.0. The lowest BCUT2D eigenvalue weighted by atomic mass is 9.73. The number of hydrogen-bond acceptors (Lipinski definition) is 3. The predicted octanol–water partition coefficient (Wildman–Crippen LogP) is 15.1. The molecular weight excluding hydrogens is 673 g/mol. The van der Waals surface area contributed by atoms with Crippen molar-refractivity contribution in [2.45, 2.75) is 19.3 Å². The van der Waals surface area contributed by atoms with Crippen LogP contribution in [0, 0.1) is 0 Å². The van der Waals surface area contributed by atoms with Gasteiger partial charge in [-0.1, -0.05) is 123 Å². The summed E-state index contributed by atoms with van der Waals surface area (Å²) in [7, 11) is 0. The van der Waals surface area contributed by atoms with Crippen LogP contribution in [0.15, 0.2) is 182 Å². The van der Waals surface area contributed by atoms with E-state index >= 15 is 0 Å². The summed E-state index contributed by atoms with van der Waals surface area (Å²) in [6.07, 6.45) is 0. The molecule has 3 heteroatoms. The zero-order valence-electron chi connectivity index (χ0n) is 30.1. The molecule has 1 aromatic heterocycles. The second-order valence-corrected chi connectivity index (χ2v) is 16.1. The summed E-state index contributed by atoms with van der Waals surface area (Å²) in [6, 6.07) is 67.1. The van der Waals surface area contributed by atoms with E-state index in [1.54, 1.807) is 0 Å². The molecule has 0 unspecified atom stereocenters. The highest BCUT2D eigenvalue weighted by molar-refractivity contribution is 7.26. The quantitative estimate of drug-likeness (QED) is 0.180. The number of benzene rings is 9. The van der Waals surface area contributed by atoms with E-state index in [2.05, 4.69) is 206 Å². The molecule has 0 fully saturated rings. The average Bonchev–Trinajstić information content (AvgIpc) is 3.59. The summed E-state index contributed by atoms with van der Waals surface area (Å²) in [5, 5.41) is 10.2. The lowest BCUT2D eigenvalue weighted by Gasteiger charge is -2.42. The standard InChI is InChI=1S/C51H36N2S/c1-51(2)44-18-10-11-19-46(44)53(47-32-49-43(31-45(47)51)50-42-17-9-8-13-34(42)23-27-48(50)54-49)41-26-22-36-29-40(25-21-37(36)30-41)52(38-15-4-3-5-16-38)39-24-20-33-12-6-7-14-35(33)28-39/h3-32H,1-2H3. The van der Waals surface area contributed by atoms with E-state index in [1.807, 2.05) is 11.3 Å². The van der Waals surface area contributed by atoms with E-state index in [1.165, 1.54) is 80.7 Å². The van der Waals surface area contributed by atoms with Crippen LogP contribution in [0.5, 0.6) is 0 Å². The first kappa shape index (κ1) is 31.1. The van der Waals surface area contributed by atoms with Crippen molar-refractivity contribution in [2.24, 2.45) is 0 Å². The molecule has 0 saturated carbocycles. The molecule has 1 aliphatic rings. The number of hydrogen-bond donors (Lipinski definition) is 0. The van der Waals surface area contributed by atoms with Crippen LogP contribution in [-0.4, -0.2) is 0 Å². The van der Waals surface area contributed by atoms with Crippen molar-refractivity contribution in [1.82, 2.24) is 0 Å². The van der Waals surface area contributed by atoms with Crippen LogP contribution in [0.25, 0.3) is 52.5 Å². The van der Waals surface area contributed by atoms with Gasteiger partial charge in [-0.3, -0.25) is 0 Å². The Morgan fingerprint density at radius 3 is 1.89 bits per heavy atom. The van der Waals surface area contributed by atoms with E-state index in [-0.39, 0.29) is 5.41 Å². The number of anilines is 6. The zero-order valence-corrected chi connectivity index (χ0v) is 30.9. The molecule has 0 spiro atoms. The molecule has 0 N–H and O–H groups in total. The van der Waals surface area contributed by atoms with Gasteiger partial charge in [0.05, 0.1) is 11.4 Å². The van der Waals surface area contributed by atoms with Gasteiger partial charge in [0.15, 0.2) is 0 Å². The Kier molecular flexibility index (Phi) is 6.80. The van der Waals surface area contributed by atoms with Gasteiger partial charge in [0.2, 0.25) is 0 Å². The Morgan fingerprint density at radius 2 is 1.06 bits per heavy atom. The van der Waals surface area contributed by atoms with Crippen LogP contribution in [0.3, 0.4) is 0 Å². The van der Waals surface area contributed by atoms with Crippen molar-refractivity contribution < 1.29 is 0 Å². The van der Waals surface area contributed by atoms with Gasteiger partial charge in [0, 0.05) is 48.3 Å². The summed E-state index contributed by atoms with van der Waals surface area (Å²) in [4.78, 5) is 4.86. The summed E-state index contributed by atoms with van der Waals surface area (Å²) >= 11 is 1.90. The molecule has 1 aliphatic heterocycles. The van der Waals surface area contributed by atoms with Crippen molar-refractivity contribution in [3.05, 3.63) is 193 Å². The maximum absolute atomic E-state index is 2.50. The number of rotatable bonds is 4. The fourth-order valence-electron chi connectivity index (χ4n) is 8.86. The maximum Gasteiger partial charge on any atom is 0.0517 e. The number of thiophene rings is 1. The highest BCUT2D eigenvalue weighted by atomic mass is 32.1. The number of fused-ring (bicyclic) bond motifs is 9.